The number of nitrogens with one attached hydrogen (secondary N) is 2. The van der Waals surface area contributed by atoms with Crippen molar-refractivity contribution in [3.63, 3.8) is 0 Å². The van der Waals surface area contributed by atoms with E-state index in [0.717, 1.165) is 17.6 Å². The van der Waals surface area contributed by atoms with Crippen molar-refractivity contribution in [1.29, 1.82) is 0 Å². The van der Waals surface area contributed by atoms with Gasteiger partial charge < -0.3 is 5.32 Å². The minimum absolute atomic E-state index is 0.217. The van der Waals surface area contributed by atoms with Crippen LogP contribution in [0.2, 0.25) is 0 Å². The van der Waals surface area contributed by atoms with Gasteiger partial charge in [0.25, 0.3) is 5.91 Å². The quantitative estimate of drug-likeness (QED) is 0.779. The van der Waals surface area contributed by atoms with Crippen LogP contribution in [0.1, 0.15) is 29.0 Å². The third-order valence-corrected chi connectivity index (χ3v) is 3.46. The van der Waals surface area contributed by atoms with E-state index in [1.54, 1.807) is 19.1 Å². The molecule has 0 aliphatic carbocycles. The summed E-state index contributed by atoms with van der Waals surface area (Å²) in [5, 5.41) is 10.1. The smallest absolute Gasteiger partial charge is 0.272 e. The summed E-state index contributed by atoms with van der Waals surface area (Å²) >= 11 is 0. The van der Waals surface area contributed by atoms with Crippen LogP contribution >= 0.6 is 0 Å². The van der Waals surface area contributed by atoms with Crippen molar-refractivity contribution in [2.24, 2.45) is 0 Å². The summed E-state index contributed by atoms with van der Waals surface area (Å²) in [6, 6.07) is 9.88. The number of carbonyl (C=O) groups excluding carboxylic acids is 1. The van der Waals surface area contributed by atoms with Gasteiger partial charge in [-0.2, -0.15) is 5.10 Å². The summed E-state index contributed by atoms with van der Waals surface area (Å²) in [5.74, 6) is -1.77. The van der Waals surface area contributed by atoms with Gasteiger partial charge in [-0.25, -0.2) is 8.78 Å². The molecule has 0 spiro atoms. The number of fused-ring (bicyclic) bond motifs is 1. The maximum Gasteiger partial charge on any atom is 0.272 e. The average Bonchev–Trinajstić information content (AvgIpc) is 2.91. The number of hydrogen-bond donors (Lipinski definition) is 2. The molecule has 112 valence electrons. The minimum atomic E-state index is -0.695. The van der Waals surface area contributed by atoms with Gasteiger partial charge in [0.2, 0.25) is 0 Å². The fraction of sp³-hybridized carbons (Fsp3) is 0.125. The van der Waals surface area contributed by atoms with Crippen molar-refractivity contribution in [3.8, 4) is 0 Å². The van der Waals surface area contributed by atoms with Crippen molar-refractivity contribution >= 4 is 16.8 Å². The molecular weight excluding hydrogens is 288 g/mol. The van der Waals surface area contributed by atoms with Crippen molar-refractivity contribution in [1.82, 2.24) is 15.5 Å². The Morgan fingerprint density at radius 2 is 2.00 bits per heavy atom. The molecule has 3 rings (SSSR count). The molecule has 1 atom stereocenters. The van der Waals surface area contributed by atoms with Gasteiger partial charge >= 0.3 is 0 Å². The molecule has 1 heterocycles. The SMILES string of the molecule is CC(NC(=O)c1n[nH]c2ccccc12)c1ccc(F)cc1F. The Balaban J connectivity index is 1.84. The van der Waals surface area contributed by atoms with E-state index in [0.29, 0.717) is 5.39 Å². The highest BCUT2D eigenvalue weighted by Crippen LogP contribution is 2.20. The van der Waals surface area contributed by atoms with E-state index in [1.165, 1.54) is 6.07 Å². The maximum atomic E-state index is 13.7. The van der Waals surface area contributed by atoms with Crippen molar-refractivity contribution in [3.05, 3.63) is 65.4 Å². The van der Waals surface area contributed by atoms with Gasteiger partial charge in [-0.1, -0.05) is 24.3 Å². The zero-order chi connectivity index (χ0) is 15.7. The van der Waals surface area contributed by atoms with E-state index in [4.69, 9.17) is 0 Å². The van der Waals surface area contributed by atoms with Gasteiger partial charge in [0, 0.05) is 17.0 Å². The normalized spacial score (nSPS) is 12.3. The highest BCUT2D eigenvalue weighted by Gasteiger charge is 2.18. The lowest BCUT2D eigenvalue weighted by molar-refractivity contribution is 0.0936. The van der Waals surface area contributed by atoms with Crippen LogP contribution in [0.3, 0.4) is 0 Å². The molecular formula is C16H13F2N3O. The largest absolute Gasteiger partial charge is 0.344 e. The molecule has 0 radical (unpaired) electrons. The molecule has 0 saturated carbocycles. The van der Waals surface area contributed by atoms with Gasteiger partial charge in [-0.05, 0) is 19.1 Å². The standard InChI is InChI=1S/C16H13F2N3O/c1-9(11-7-6-10(17)8-13(11)18)19-16(22)15-12-4-2-3-5-14(12)20-21-15/h2-9H,1H3,(H,19,22)(H,20,21). The topological polar surface area (TPSA) is 57.8 Å². The minimum Gasteiger partial charge on any atom is -0.344 e. The Hall–Kier alpha value is -2.76. The molecule has 0 aliphatic heterocycles. The van der Waals surface area contributed by atoms with E-state index >= 15 is 0 Å². The average molecular weight is 301 g/mol. The highest BCUT2D eigenvalue weighted by molar-refractivity contribution is 6.04. The summed E-state index contributed by atoms with van der Waals surface area (Å²) in [5.41, 5.74) is 1.20. The summed E-state index contributed by atoms with van der Waals surface area (Å²) in [6.45, 7) is 1.63. The number of carbonyl (C=O) groups is 1. The van der Waals surface area contributed by atoms with E-state index in [9.17, 15) is 13.6 Å². The van der Waals surface area contributed by atoms with Gasteiger partial charge in [-0.3, -0.25) is 9.89 Å². The van der Waals surface area contributed by atoms with E-state index in [2.05, 4.69) is 15.5 Å². The number of benzene rings is 2. The summed E-state index contributed by atoms with van der Waals surface area (Å²) in [7, 11) is 0. The second kappa shape index (κ2) is 5.55. The van der Waals surface area contributed by atoms with E-state index in [-0.39, 0.29) is 11.3 Å². The predicted octanol–water partition coefficient (Wildman–Crippen LogP) is 3.33. The highest BCUT2D eigenvalue weighted by atomic mass is 19.1. The first-order valence-electron chi connectivity index (χ1n) is 6.75. The molecule has 2 aromatic carbocycles. The van der Waals surface area contributed by atoms with E-state index in [1.807, 2.05) is 12.1 Å². The Labute approximate surface area is 125 Å². The van der Waals surface area contributed by atoms with E-state index < -0.39 is 23.6 Å². The van der Waals surface area contributed by atoms with Crippen LogP contribution in [0.5, 0.6) is 0 Å². The molecule has 4 nitrogen and oxygen atoms in total. The van der Waals surface area contributed by atoms with Crippen LogP contribution in [-0.2, 0) is 0 Å². The van der Waals surface area contributed by atoms with Gasteiger partial charge in [-0.15, -0.1) is 0 Å². The Morgan fingerprint density at radius 3 is 2.77 bits per heavy atom. The maximum absolute atomic E-state index is 13.7. The van der Waals surface area contributed by atoms with Crippen LogP contribution in [0.15, 0.2) is 42.5 Å². The van der Waals surface area contributed by atoms with Gasteiger partial charge in [0.15, 0.2) is 5.69 Å². The monoisotopic (exact) mass is 301 g/mol. The van der Waals surface area contributed by atoms with Crippen LogP contribution in [0.25, 0.3) is 10.9 Å². The second-order valence-corrected chi connectivity index (χ2v) is 4.98. The molecule has 1 amide bonds. The van der Waals surface area contributed by atoms with Gasteiger partial charge in [0.05, 0.1) is 11.6 Å². The molecule has 0 bridgehead atoms. The molecule has 0 saturated heterocycles. The molecule has 3 aromatic rings. The van der Waals surface area contributed by atoms with Crippen molar-refractivity contribution < 1.29 is 13.6 Å². The summed E-state index contributed by atoms with van der Waals surface area (Å²) in [6.07, 6.45) is 0. The lowest BCUT2D eigenvalue weighted by Crippen LogP contribution is -2.27. The third kappa shape index (κ3) is 2.55. The number of H-pyrrole nitrogens is 1. The number of halogens is 2. The Kier molecular flexibility index (Phi) is 3.58. The fourth-order valence-electron chi connectivity index (χ4n) is 2.33. The Morgan fingerprint density at radius 1 is 1.23 bits per heavy atom. The number of para-hydroxylation sites is 1. The number of aromatic amines is 1. The number of aromatic nitrogens is 2. The summed E-state index contributed by atoms with van der Waals surface area (Å²) < 4.78 is 26.7. The lowest BCUT2D eigenvalue weighted by atomic mass is 10.1. The predicted molar refractivity (Wildman–Crippen MR) is 78.3 cm³/mol. The molecule has 1 unspecified atom stereocenters. The van der Waals surface area contributed by atoms with Crippen LogP contribution in [0.4, 0.5) is 8.78 Å². The van der Waals surface area contributed by atoms with Gasteiger partial charge in [0.1, 0.15) is 11.6 Å². The third-order valence-electron chi connectivity index (χ3n) is 3.46. The van der Waals surface area contributed by atoms with Crippen molar-refractivity contribution in [2.45, 2.75) is 13.0 Å². The van der Waals surface area contributed by atoms with Crippen LogP contribution < -0.4 is 5.32 Å². The first-order valence-corrected chi connectivity index (χ1v) is 6.75. The number of hydrogen-bond acceptors (Lipinski definition) is 2. The first kappa shape index (κ1) is 14.2. The molecule has 0 fully saturated rings. The molecule has 6 heteroatoms. The van der Waals surface area contributed by atoms with Crippen molar-refractivity contribution in [2.75, 3.05) is 0 Å². The molecule has 2 N–H and O–H groups in total. The molecule has 1 aromatic heterocycles. The molecule has 0 aliphatic rings. The van der Waals surface area contributed by atoms with Crippen LogP contribution in [0, 0.1) is 11.6 Å². The van der Waals surface area contributed by atoms with Crippen LogP contribution in [-0.4, -0.2) is 16.1 Å². The zero-order valence-electron chi connectivity index (χ0n) is 11.7. The number of rotatable bonds is 3. The molecule has 22 heavy (non-hydrogen) atoms. The fourth-order valence-corrected chi connectivity index (χ4v) is 2.33. The first-order chi connectivity index (χ1) is 10.6. The Bertz CT molecular complexity index is 844. The second-order valence-electron chi connectivity index (χ2n) is 4.98. The number of amides is 1. The zero-order valence-corrected chi connectivity index (χ0v) is 11.7. The number of nitrogens with zero attached hydrogens (tertiary/aromatic N) is 1. The summed E-state index contributed by atoms with van der Waals surface area (Å²) in [4.78, 5) is 12.3. The lowest BCUT2D eigenvalue weighted by Gasteiger charge is -2.14.